The third-order valence-corrected chi connectivity index (χ3v) is 2.77. The quantitative estimate of drug-likeness (QED) is 0.736. The van der Waals surface area contributed by atoms with Crippen LogP contribution in [0.2, 0.25) is 0 Å². The predicted molar refractivity (Wildman–Crippen MR) is 76.0 cm³/mol. The molecule has 0 saturated heterocycles. The molecule has 1 amide bonds. The SMILES string of the molecule is COc1ccc(C(=O)O)cc1NC(=O)C(N)CC(C)C. The fraction of sp³-hybridized carbons (Fsp3) is 0.429. The molecule has 1 aromatic carbocycles. The lowest BCUT2D eigenvalue weighted by atomic mass is 10.0. The molecular weight excluding hydrogens is 260 g/mol. The lowest BCUT2D eigenvalue weighted by molar-refractivity contribution is -0.117. The topological polar surface area (TPSA) is 102 Å². The van der Waals surface area contributed by atoms with Crippen LogP contribution in [0, 0.1) is 5.92 Å². The third-order valence-electron chi connectivity index (χ3n) is 2.77. The van der Waals surface area contributed by atoms with Crippen LogP contribution in [0.25, 0.3) is 0 Å². The second-order valence-electron chi connectivity index (χ2n) is 4.95. The first-order chi connectivity index (χ1) is 9.35. The number of aromatic carboxylic acids is 1. The van der Waals surface area contributed by atoms with Crippen molar-refractivity contribution in [3.63, 3.8) is 0 Å². The number of nitrogens with two attached hydrogens (primary N) is 1. The van der Waals surface area contributed by atoms with Gasteiger partial charge in [0.1, 0.15) is 5.75 Å². The van der Waals surface area contributed by atoms with Crippen LogP contribution in [0.15, 0.2) is 18.2 Å². The Kier molecular flexibility index (Phi) is 5.52. The Morgan fingerprint density at radius 3 is 2.55 bits per heavy atom. The van der Waals surface area contributed by atoms with Crippen molar-refractivity contribution < 1.29 is 19.4 Å². The van der Waals surface area contributed by atoms with Gasteiger partial charge < -0.3 is 20.9 Å². The van der Waals surface area contributed by atoms with Crippen LogP contribution in [0.3, 0.4) is 0 Å². The Morgan fingerprint density at radius 1 is 1.40 bits per heavy atom. The first kappa shape index (κ1) is 16.0. The van der Waals surface area contributed by atoms with Gasteiger partial charge in [-0.1, -0.05) is 13.8 Å². The molecule has 0 aliphatic rings. The molecule has 6 nitrogen and oxygen atoms in total. The van der Waals surface area contributed by atoms with Gasteiger partial charge >= 0.3 is 5.97 Å². The maximum Gasteiger partial charge on any atom is 0.335 e. The summed E-state index contributed by atoms with van der Waals surface area (Å²) in [4.78, 5) is 22.9. The Bertz CT molecular complexity index is 500. The van der Waals surface area contributed by atoms with Gasteiger partial charge in [0.05, 0.1) is 24.4 Å². The molecule has 0 fully saturated rings. The molecule has 0 radical (unpaired) electrons. The largest absolute Gasteiger partial charge is 0.495 e. The molecule has 0 saturated carbocycles. The number of hydrogen-bond acceptors (Lipinski definition) is 4. The second kappa shape index (κ2) is 6.91. The standard InChI is InChI=1S/C14H20N2O4/c1-8(2)6-10(15)13(17)16-11-7-9(14(18)19)4-5-12(11)20-3/h4-5,7-8,10H,6,15H2,1-3H3,(H,16,17)(H,18,19). The first-order valence-electron chi connectivity index (χ1n) is 6.33. The van der Waals surface area contributed by atoms with Crippen molar-refractivity contribution in [2.24, 2.45) is 11.7 Å². The molecule has 0 heterocycles. The summed E-state index contributed by atoms with van der Waals surface area (Å²) in [5.41, 5.74) is 6.16. The minimum Gasteiger partial charge on any atom is -0.495 e. The van der Waals surface area contributed by atoms with Crippen molar-refractivity contribution in [2.45, 2.75) is 26.3 Å². The van der Waals surface area contributed by atoms with E-state index in [1.807, 2.05) is 13.8 Å². The molecule has 0 bridgehead atoms. The highest BCUT2D eigenvalue weighted by molar-refractivity contribution is 5.98. The monoisotopic (exact) mass is 280 g/mol. The minimum absolute atomic E-state index is 0.0681. The maximum atomic E-state index is 12.0. The van der Waals surface area contributed by atoms with E-state index in [2.05, 4.69) is 5.32 Å². The van der Waals surface area contributed by atoms with E-state index in [9.17, 15) is 9.59 Å². The average Bonchev–Trinajstić information content (AvgIpc) is 2.37. The molecule has 1 atom stereocenters. The molecule has 20 heavy (non-hydrogen) atoms. The summed E-state index contributed by atoms with van der Waals surface area (Å²) in [5.74, 6) is -0.753. The number of carbonyl (C=O) groups is 2. The number of anilines is 1. The van der Waals surface area contributed by atoms with Crippen molar-refractivity contribution in [1.29, 1.82) is 0 Å². The van der Waals surface area contributed by atoms with Gasteiger partial charge in [-0.2, -0.15) is 0 Å². The lowest BCUT2D eigenvalue weighted by Crippen LogP contribution is -2.36. The fourth-order valence-electron chi connectivity index (χ4n) is 1.78. The minimum atomic E-state index is -1.07. The summed E-state index contributed by atoms with van der Waals surface area (Å²) >= 11 is 0. The average molecular weight is 280 g/mol. The van der Waals surface area contributed by atoms with Gasteiger partial charge in [0.2, 0.25) is 5.91 Å². The first-order valence-corrected chi connectivity index (χ1v) is 6.33. The molecule has 6 heteroatoms. The number of carboxylic acid groups (broad SMARTS) is 1. The van der Waals surface area contributed by atoms with Crippen LogP contribution in [-0.2, 0) is 4.79 Å². The van der Waals surface area contributed by atoms with Crippen LogP contribution in [0.4, 0.5) is 5.69 Å². The summed E-state index contributed by atoms with van der Waals surface area (Å²) < 4.78 is 5.09. The van der Waals surface area contributed by atoms with Crippen LogP contribution >= 0.6 is 0 Å². The molecule has 0 aromatic heterocycles. The van der Waals surface area contributed by atoms with E-state index in [-0.39, 0.29) is 11.5 Å². The Balaban J connectivity index is 2.92. The van der Waals surface area contributed by atoms with E-state index in [1.54, 1.807) is 0 Å². The number of ether oxygens (including phenoxy) is 1. The Morgan fingerprint density at radius 2 is 2.05 bits per heavy atom. The summed E-state index contributed by atoms with van der Waals surface area (Å²) in [6.45, 7) is 3.94. The molecule has 4 N–H and O–H groups in total. The van der Waals surface area contributed by atoms with Crippen molar-refractivity contribution in [2.75, 3.05) is 12.4 Å². The number of benzene rings is 1. The molecule has 1 aromatic rings. The molecule has 0 spiro atoms. The van der Waals surface area contributed by atoms with Gasteiger partial charge in [0.15, 0.2) is 0 Å². The normalized spacial score (nSPS) is 12.1. The molecule has 0 aliphatic heterocycles. The van der Waals surface area contributed by atoms with E-state index in [0.717, 1.165) is 0 Å². The lowest BCUT2D eigenvalue weighted by Gasteiger charge is -2.16. The van der Waals surface area contributed by atoms with Gasteiger partial charge in [0.25, 0.3) is 0 Å². The van der Waals surface area contributed by atoms with Gasteiger partial charge in [-0.3, -0.25) is 4.79 Å². The van der Waals surface area contributed by atoms with E-state index in [0.29, 0.717) is 23.8 Å². The zero-order valence-corrected chi connectivity index (χ0v) is 11.8. The van der Waals surface area contributed by atoms with Crippen molar-refractivity contribution in [3.05, 3.63) is 23.8 Å². The van der Waals surface area contributed by atoms with Crippen LogP contribution < -0.4 is 15.8 Å². The van der Waals surface area contributed by atoms with Crippen molar-refractivity contribution >= 4 is 17.6 Å². The zero-order chi connectivity index (χ0) is 15.3. The summed E-state index contributed by atoms with van der Waals surface area (Å²) in [7, 11) is 1.44. The van der Waals surface area contributed by atoms with E-state index < -0.39 is 12.0 Å². The second-order valence-corrected chi connectivity index (χ2v) is 4.95. The predicted octanol–water partition coefficient (Wildman–Crippen LogP) is 1.71. The number of carbonyl (C=O) groups excluding carboxylic acids is 1. The number of methoxy groups -OCH3 is 1. The number of nitrogens with one attached hydrogen (secondary N) is 1. The summed E-state index contributed by atoms with van der Waals surface area (Å²) in [6.07, 6.45) is 0.548. The van der Waals surface area contributed by atoms with E-state index in [1.165, 1.54) is 25.3 Å². The third kappa shape index (κ3) is 4.24. The van der Waals surface area contributed by atoms with Crippen LogP contribution in [0.5, 0.6) is 5.75 Å². The molecule has 1 rings (SSSR count). The highest BCUT2D eigenvalue weighted by Gasteiger charge is 2.17. The molecular formula is C14H20N2O4. The number of rotatable bonds is 6. The highest BCUT2D eigenvalue weighted by atomic mass is 16.5. The van der Waals surface area contributed by atoms with Crippen molar-refractivity contribution in [3.8, 4) is 5.75 Å². The fourth-order valence-corrected chi connectivity index (χ4v) is 1.78. The van der Waals surface area contributed by atoms with Gasteiger partial charge in [0, 0.05) is 0 Å². The Labute approximate surface area is 117 Å². The van der Waals surface area contributed by atoms with Gasteiger partial charge in [-0.25, -0.2) is 4.79 Å². The van der Waals surface area contributed by atoms with Crippen molar-refractivity contribution in [1.82, 2.24) is 0 Å². The summed E-state index contributed by atoms with van der Waals surface area (Å²) in [6, 6.07) is 3.60. The van der Waals surface area contributed by atoms with E-state index >= 15 is 0 Å². The smallest absolute Gasteiger partial charge is 0.335 e. The highest BCUT2D eigenvalue weighted by Crippen LogP contribution is 2.25. The van der Waals surface area contributed by atoms with Gasteiger partial charge in [-0.15, -0.1) is 0 Å². The summed E-state index contributed by atoms with van der Waals surface area (Å²) in [5, 5.41) is 11.6. The number of hydrogen-bond donors (Lipinski definition) is 3. The molecule has 110 valence electrons. The molecule has 1 unspecified atom stereocenters. The van der Waals surface area contributed by atoms with Gasteiger partial charge in [-0.05, 0) is 30.5 Å². The molecule has 0 aliphatic carbocycles. The zero-order valence-electron chi connectivity index (χ0n) is 11.8. The Hall–Kier alpha value is -2.08. The number of carboxylic acids is 1. The number of amides is 1. The van der Waals surface area contributed by atoms with Crippen LogP contribution in [-0.4, -0.2) is 30.1 Å². The van der Waals surface area contributed by atoms with E-state index in [4.69, 9.17) is 15.6 Å². The maximum absolute atomic E-state index is 12.0. The van der Waals surface area contributed by atoms with Crippen LogP contribution in [0.1, 0.15) is 30.6 Å².